The lowest BCUT2D eigenvalue weighted by atomic mass is 10.6. The number of hydrogen-bond donors (Lipinski definition) is 0. The van der Waals surface area contributed by atoms with Crippen LogP contribution in [0.2, 0.25) is 0 Å². The lowest BCUT2D eigenvalue weighted by molar-refractivity contribution is -0.111. The van der Waals surface area contributed by atoms with E-state index in [0.29, 0.717) is 12.8 Å². The van der Waals surface area contributed by atoms with Crippen molar-refractivity contribution in [2.45, 2.75) is 26.7 Å². The van der Waals surface area contributed by atoms with Crippen molar-refractivity contribution in [2.75, 3.05) is 11.5 Å². The van der Waals surface area contributed by atoms with Gasteiger partial charge in [-0.3, -0.25) is 9.59 Å². The predicted octanol–water partition coefficient (Wildman–Crippen LogP) is 2.33. The summed E-state index contributed by atoms with van der Waals surface area (Å²) in [5.41, 5.74) is 0. The number of hydrogen-bond acceptors (Lipinski definition) is 4. The van der Waals surface area contributed by atoms with E-state index >= 15 is 0 Å². The van der Waals surface area contributed by atoms with Gasteiger partial charge in [-0.1, -0.05) is 37.4 Å². The summed E-state index contributed by atoms with van der Waals surface area (Å²) in [6, 6.07) is 0. The molecule has 0 saturated carbocycles. The number of carbonyl (C=O) groups excluding carboxylic acids is 2. The van der Waals surface area contributed by atoms with Crippen LogP contribution in [0.4, 0.5) is 0 Å². The Hall–Kier alpha value is 0.0400. The standard InChI is InChI=1S/C8H14O2S2/c1-3-7(9)11-5-6-12-8(10)4-2/h3-6H2,1-2H3. The third-order valence-electron chi connectivity index (χ3n) is 1.19. The van der Waals surface area contributed by atoms with E-state index in [1.807, 2.05) is 13.8 Å². The van der Waals surface area contributed by atoms with Gasteiger partial charge in [-0.25, -0.2) is 0 Å². The van der Waals surface area contributed by atoms with Gasteiger partial charge in [-0.2, -0.15) is 0 Å². The minimum absolute atomic E-state index is 0.208. The fourth-order valence-corrected chi connectivity index (χ4v) is 2.05. The van der Waals surface area contributed by atoms with Crippen LogP contribution in [0.1, 0.15) is 26.7 Å². The summed E-state index contributed by atoms with van der Waals surface area (Å²) in [7, 11) is 0. The third kappa shape index (κ3) is 6.73. The maximum absolute atomic E-state index is 10.8. The van der Waals surface area contributed by atoms with Crippen LogP contribution in [0.25, 0.3) is 0 Å². The number of rotatable bonds is 5. The molecular formula is C8H14O2S2. The minimum atomic E-state index is 0.208. The Morgan fingerprint density at radius 3 is 1.50 bits per heavy atom. The average Bonchev–Trinajstić information content (AvgIpc) is 2.11. The molecule has 0 atom stereocenters. The van der Waals surface area contributed by atoms with Crippen molar-refractivity contribution >= 4 is 33.8 Å². The zero-order valence-electron chi connectivity index (χ0n) is 7.46. The zero-order chi connectivity index (χ0) is 9.40. The van der Waals surface area contributed by atoms with Crippen LogP contribution in [0.5, 0.6) is 0 Å². The molecule has 0 aromatic rings. The monoisotopic (exact) mass is 206 g/mol. The number of thioether (sulfide) groups is 2. The molecule has 2 nitrogen and oxygen atoms in total. The van der Waals surface area contributed by atoms with E-state index in [1.54, 1.807) is 0 Å². The van der Waals surface area contributed by atoms with Gasteiger partial charge in [0.05, 0.1) is 0 Å². The fraction of sp³-hybridized carbons (Fsp3) is 0.750. The van der Waals surface area contributed by atoms with Gasteiger partial charge in [0.25, 0.3) is 0 Å². The Morgan fingerprint density at radius 1 is 0.917 bits per heavy atom. The molecule has 0 aliphatic rings. The van der Waals surface area contributed by atoms with Gasteiger partial charge in [0, 0.05) is 24.3 Å². The summed E-state index contributed by atoms with van der Waals surface area (Å²) in [5, 5.41) is 0.416. The normalized spacial score (nSPS) is 9.83. The smallest absolute Gasteiger partial charge is 0.188 e. The van der Waals surface area contributed by atoms with Gasteiger partial charge in [0.1, 0.15) is 0 Å². The summed E-state index contributed by atoms with van der Waals surface area (Å²) < 4.78 is 0. The zero-order valence-corrected chi connectivity index (χ0v) is 9.09. The van der Waals surface area contributed by atoms with Crippen LogP contribution in [0.15, 0.2) is 0 Å². The molecule has 0 aromatic carbocycles. The third-order valence-corrected chi connectivity index (χ3v) is 3.48. The Labute approximate surface area is 81.9 Å². The van der Waals surface area contributed by atoms with Gasteiger partial charge in [-0.15, -0.1) is 0 Å². The van der Waals surface area contributed by atoms with Crippen molar-refractivity contribution in [2.24, 2.45) is 0 Å². The summed E-state index contributed by atoms with van der Waals surface area (Å²) in [6.45, 7) is 3.69. The quantitative estimate of drug-likeness (QED) is 0.647. The second-order valence-corrected chi connectivity index (χ2v) is 4.45. The van der Waals surface area contributed by atoms with Gasteiger partial charge in [-0.05, 0) is 0 Å². The topological polar surface area (TPSA) is 34.1 Å². The molecule has 0 unspecified atom stereocenters. The highest BCUT2D eigenvalue weighted by Crippen LogP contribution is 2.11. The highest BCUT2D eigenvalue weighted by atomic mass is 32.2. The van der Waals surface area contributed by atoms with Crippen LogP contribution in [0.3, 0.4) is 0 Å². The van der Waals surface area contributed by atoms with E-state index in [0.717, 1.165) is 11.5 Å². The maximum atomic E-state index is 10.8. The van der Waals surface area contributed by atoms with Gasteiger partial charge >= 0.3 is 0 Å². The molecular weight excluding hydrogens is 192 g/mol. The highest BCUT2D eigenvalue weighted by Gasteiger charge is 2.01. The first-order valence-electron chi connectivity index (χ1n) is 4.02. The van der Waals surface area contributed by atoms with E-state index < -0.39 is 0 Å². The highest BCUT2D eigenvalue weighted by molar-refractivity contribution is 8.16. The van der Waals surface area contributed by atoms with Crippen molar-refractivity contribution in [1.82, 2.24) is 0 Å². The van der Waals surface area contributed by atoms with Crippen LogP contribution in [-0.2, 0) is 9.59 Å². The summed E-state index contributed by atoms with van der Waals surface area (Å²) in [4.78, 5) is 21.6. The van der Waals surface area contributed by atoms with E-state index in [2.05, 4.69) is 0 Å². The molecule has 0 N–H and O–H groups in total. The van der Waals surface area contributed by atoms with Gasteiger partial charge in [0.15, 0.2) is 10.2 Å². The molecule has 0 bridgehead atoms. The molecule has 0 aliphatic heterocycles. The second-order valence-electron chi connectivity index (χ2n) is 2.15. The molecule has 0 aromatic heterocycles. The molecule has 70 valence electrons. The molecule has 0 heterocycles. The van der Waals surface area contributed by atoms with Crippen LogP contribution >= 0.6 is 23.5 Å². The lowest BCUT2D eigenvalue weighted by Crippen LogP contribution is -1.95. The molecule has 12 heavy (non-hydrogen) atoms. The summed E-state index contributed by atoms with van der Waals surface area (Å²) in [5.74, 6) is 1.51. The van der Waals surface area contributed by atoms with Gasteiger partial charge in [0.2, 0.25) is 0 Å². The van der Waals surface area contributed by atoms with E-state index in [9.17, 15) is 9.59 Å². The largest absolute Gasteiger partial charge is 0.287 e. The van der Waals surface area contributed by atoms with Crippen molar-refractivity contribution in [3.63, 3.8) is 0 Å². The van der Waals surface area contributed by atoms with Crippen LogP contribution in [0, 0.1) is 0 Å². The first kappa shape index (κ1) is 12.0. The Morgan fingerprint density at radius 2 is 1.25 bits per heavy atom. The molecule has 0 aliphatic carbocycles. The molecule has 4 heteroatoms. The Balaban J connectivity index is 3.21. The average molecular weight is 206 g/mol. The van der Waals surface area contributed by atoms with Crippen molar-refractivity contribution in [1.29, 1.82) is 0 Å². The van der Waals surface area contributed by atoms with Crippen molar-refractivity contribution < 1.29 is 9.59 Å². The molecule has 0 rings (SSSR count). The molecule has 0 saturated heterocycles. The number of carbonyl (C=O) groups is 2. The SMILES string of the molecule is CCC(=O)SCCSC(=O)CC. The summed E-state index contributed by atoms with van der Waals surface area (Å²) >= 11 is 2.63. The second kappa shape index (κ2) is 7.68. The summed E-state index contributed by atoms with van der Waals surface area (Å²) in [6.07, 6.45) is 1.16. The Bertz CT molecular complexity index is 139. The van der Waals surface area contributed by atoms with Crippen molar-refractivity contribution in [3.05, 3.63) is 0 Å². The Kier molecular flexibility index (Phi) is 7.70. The molecule has 0 fully saturated rings. The van der Waals surface area contributed by atoms with Crippen LogP contribution in [-0.4, -0.2) is 21.7 Å². The van der Waals surface area contributed by atoms with Gasteiger partial charge < -0.3 is 0 Å². The first-order valence-corrected chi connectivity index (χ1v) is 5.99. The van der Waals surface area contributed by atoms with E-state index in [4.69, 9.17) is 0 Å². The van der Waals surface area contributed by atoms with E-state index in [1.165, 1.54) is 23.5 Å². The molecule has 0 radical (unpaired) electrons. The fourth-order valence-electron chi connectivity index (χ4n) is 0.515. The van der Waals surface area contributed by atoms with Crippen molar-refractivity contribution in [3.8, 4) is 0 Å². The lowest BCUT2D eigenvalue weighted by Gasteiger charge is -1.97. The van der Waals surface area contributed by atoms with E-state index in [-0.39, 0.29) is 10.2 Å². The predicted molar refractivity (Wildman–Crippen MR) is 55.5 cm³/mol. The molecule has 0 spiro atoms. The first-order chi connectivity index (χ1) is 5.70. The minimum Gasteiger partial charge on any atom is -0.287 e. The van der Waals surface area contributed by atoms with Crippen LogP contribution < -0.4 is 0 Å². The molecule has 0 amide bonds. The maximum Gasteiger partial charge on any atom is 0.188 e.